The molecule has 1 aromatic rings. The lowest BCUT2D eigenvalue weighted by Crippen LogP contribution is -2.54. The number of carbonyl (C=O) groups excluding carboxylic acids is 1. The molecule has 1 amide bonds. The number of aliphatic carboxylic acids is 1. The topological polar surface area (TPSA) is 66.8 Å². The van der Waals surface area contributed by atoms with Crippen molar-refractivity contribution in [2.45, 2.75) is 13.0 Å². The fourth-order valence-corrected chi connectivity index (χ4v) is 2.38. The van der Waals surface area contributed by atoms with Crippen molar-refractivity contribution in [2.24, 2.45) is 11.8 Å². The molecule has 2 unspecified atom stereocenters. The SMILES string of the molecule is COC(C(=O)N1CC(C(C)C(=O)O)C1)c1ccccc1. The van der Waals surface area contributed by atoms with Crippen molar-refractivity contribution in [2.75, 3.05) is 20.2 Å². The molecule has 0 spiro atoms. The lowest BCUT2D eigenvalue weighted by Gasteiger charge is -2.42. The molecule has 1 aliphatic heterocycles. The van der Waals surface area contributed by atoms with Crippen LogP contribution in [0.2, 0.25) is 0 Å². The monoisotopic (exact) mass is 277 g/mol. The maximum Gasteiger partial charge on any atom is 0.306 e. The normalized spacial score (nSPS) is 18.2. The minimum atomic E-state index is -0.812. The Hall–Kier alpha value is -1.88. The third-order valence-corrected chi connectivity index (χ3v) is 3.88. The van der Waals surface area contributed by atoms with E-state index in [4.69, 9.17) is 9.84 Å². The van der Waals surface area contributed by atoms with Gasteiger partial charge in [-0.25, -0.2) is 0 Å². The van der Waals surface area contributed by atoms with Gasteiger partial charge in [-0.3, -0.25) is 9.59 Å². The molecule has 1 N–H and O–H groups in total. The van der Waals surface area contributed by atoms with Crippen LogP contribution in [-0.2, 0) is 14.3 Å². The Morgan fingerprint density at radius 1 is 1.30 bits per heavy atom. The average Bonchev–Trinajstić information content (AvgIpc) is 2.39. The van der Waals surface area contributed by atoms with Crippen LogP contribution in [-0.4, -0.2) is 42.1 Å². The van der Waals surface area contributed by atoms with Crippen LogP contribution in [0.5, 0.6) is 0 Å². The van der Waals surface area contributed by atoms with Gasteiger partial charge in [0.15, 0.2) is 6.10 Å². The quantitative estimate of drug-likeness (QED) is 0.886. The van der Waals surface area contributed by atoms with Crippen molar-refractivity contribution in [3.8, 4) is 0 Å². The first-order valence-corrected chi connectivity index (χ1v) is 6.64. The Labute approximate surface area is 118 Å². The molecule has 20 heavy (non-hydrogen) atoms. The number of benzene rings is 1. The van der Waals surface area contributed by atoms with Gasteiger partial charge in [-0.15, -0.1) is 0 Å². The molecule has 0 aromatic heterocycles. The van der Waals surface area contributed by atoms with Crippen molar-refractivity contribution in [1.29, 1.82) is 0 Å². The van der Waals surface area contributed by atoms with Crippen LogP contribution in [0.4, 0.5) is 0 Å². The van der Waals surface area contributed by atoms with Gasteiger partial charge < -0.3 is 14.7 Å². The average molecular weight is 277 g/mol. The Morgan fingerprint density at radius 2 is 1.90 bits per heavy atom. The largest absolute Gasteiger partial charge is 0.481 e. The smallest absolute Gasteiger partial charge is 0.306 e. The zero-order chi connectivity index (χ0) is 14.7. The zero-order valence-electron chi connectivity index (χ0n) is 11.7. The van der Waals surface area contributed by atoms with E-state index in [1.165, 1.54) is 7.11 Å². The molecule has 108 valence electrons. The Kier molecular flexibility index (Phi) is 4.39. The van der Waals surface area contributed by atoms with Gasteiger partial charge >= 0.3 is 5.97 Å². The van der Waals surface area contributed by atoms with Gasteiger partial charge in [0.1, 0.15) is 0 Å². The molecule has 1 heterocycles. The van der Waals surface area contributed by atoms with Gasteiger partial charge in [-0.05, 0) is 5.56 Å². The lowest BCUT2D eigenvalue weighted by molar-refractivity contribution is -0.156. The summed E-state index contributed by atoms with van der Waals surface area (Å²) in [6.07, 6.45) is -0.614. The second kappa shape index (κ2) is 6.05. The van der Waals surface area contributed by atoms with E-state index < -0.39 is 18.0 Å². The van der Waals surface area contributed by atoms with E-state index in [2.05, 4.69) is 0 Å². The molecule has 1 fully saturated rings. The number of amides is 1. The highest BCUT2D eigenvalue weighted by Crippen LogP contribution is 2.28. The number of ether oxygens (including phenoxy) is 1. The molecule has 1 aromatic carbocycles. The lowest BCUT2D eigenvalue weighted by atomic mass is 9.86. The van der Waals surface area contributed by atoms with E-state index in [0.717, 1.165) is 5.56 Å². The summed E-state index contributed by atoms with van der Waals surface area (Å²) in [5.74, 6) is -1.30. The third kappa shape index (κ3) is 2.82. The van der Waals surface area contributed by atoms with Crippen molar-refractivity contribution >= 4 is 11.9 Å². The van der Waals surface area contributed by atoms with Crippen molar-refractivity contribution in [3.63, 3.8) is 0 Å². The molecule has 5 heteroatoms. The predicted octanol–water partition coefficient (Wildman–Crippen LogP) is 1.55. The van der Waals surface area contributed by atoms with Gasteiger partial charge in [0.2, 0.25) is 0 Å². The zero-order valence-corrected chi connectivity index (χ0v) is 11.7. The molecule has 0 aliphatic carbocycles. The highest BCUT2D eigenvalue weighted by molar-refractivity contribution is 5.83. The number of rotatable bonds is 5. The molecular formula is C15H19NO4. The van der Waals surface area contributed by atoms with Gasteiger partial charge in [0.05, 0.1) is 5.92 Å². The summed E-state index contributed by atoms with van der Waals surface area (Å²) in [7, 11) is 1.51. The van der Waals surface area contributed by atoms with E-state index in [1.54, 1.807) is 11.8 Å². The number of carboxylic acid groups (broad SMARTS) is 1. The van der Waals surface area contributed by atoms with E-state index in [-0.39, 0.29) is 11.8 Å². The molecule has 1 aliphatic rings. The first-order valence-electron chi connectivity index (χ1n) is 6.64. The number of hydrogen-bond donors (Lipinski definition) is 1. The van der Waals surface area contributed by atoms with E-state index in [1.807, 2.05) is 30.3 Å². The predicted molar refractivity (Wildman–Crippen MR) is 73.1 cm³/mol. The molecule has 5 nitrogen and oxygen atoms in total. The number of likely N-dealkylation sites (tertiary alicyclic amines) is 1. The van der Waals surface area contributed by atoms with Gasteiger partial charge in [-0.2, -0.15) is 0 Å². The second-order valence-electron chi connectivity index (χ2n) is 5.16. The fraction of sp³-hybridized carbons (Fsp3) is 0.467. The van der Waals surface area contributed by atoms with Crippen LogP contribution < -0.4 is 0 Å². The Bertz CT molecular complexity index is 482. The van der Waals surface area contributed by atoms with Crippen LogP contribution in [0.1, 0.15) is 18.6 Å². The van der Waals surface area contributed by atoms with E-state index in [9.17, 15) is 9.59 Å². The Balaban J connectivity index is 1.97. The first-order chi connectivity index (χ1) is 9.54. The number of carboxylic acids is 1. The first kappa shape index (κ1) is 14.5. The Morgan fingerprint density at radius 3 is 2.40 bits per heavy atom. The van der Waals surface area contributed by atoms with Crippen LogP contribution in [0.15, 0.2) is 30.3 Å². The number of hydrogen-bond acceptors (Lipinski definition) is 3. The molecule has 0 saturated carbocycles. The highest BCUT2D eigenvalue weighted by atomic mass is 16.5. The summed E-state index contributed by atoms with van der Waals surface area (Å²) in [6, 6.07) is 9.31. The number of nitrogens with zero attached hydrogens (tertiary/aromatic N) is 1. The third-order valence-electron chi connectivity index (χ3n) is 3.88. The van der Waals surface area contributed by atoms with Crippen LogP contribution >= 0.6 is 0 Å². The van der Waals surface area contributed by atoms with Crippen LogP contribution in [0, 0.1) is 11.8 Å². The van der Waals surface area contributed by atoms with Crippen molar-refractivity contribution < 1.29 is 19.4 Å². The van der Waals surface area contributed by atoms with E-state index >= 15 is 0 Å². The second-order valence-corrected chi connectivity index (χ2v) is 5.16. The molecule has 0 bridgehead atoms. The standard InChI is InChI=1S/C15H19NO4/c1-10(15(18)19)12-8-16(9-12)14(17)13(20-2)11-6-4-3-5-7-11/h3-7,10,12-13H,8-9H2,1-2H3,(H,18,19). The van der Waals surface area contributed by atoms with E-state index in [0.29, 0.717) is 13.1 Å². The van der Waals surface area contributed by atoms with Crippen molar-refractivity contribution in [1.82, 2.24) is 4.90 Å². The van der Waals surface area contributed by atoms with Crippen LogP contribution in [0.3, 0.4) is 0 Å². The summed E-state index contributed by atoms with van der Waals surface area (Å²) in [5, 5.41) is 8.95. The molecular weight excluding hydrogens is 258 g/mol. The van der Waals surface area contributed by atoms with Crippen molar-refractivity contribution in [3.05, 3.63) is 35.9 Å². The number of methoxy groups -OCH3 is 1. The summed E-state index contributed by atoms with van der Waals surface area (Å²) >= 11 is 0. The maximum absolute atomic E-state index is 12.3. The number of carbonyl (C=O) groups is 2. The van der Waals surface area contributed by atoms with Gasteiger partial charge in [0, 0.05) is 26.1 Å². The highest BCUT2D eigenvalue weighted by Gasteiger charge is 2.39. The molecule has 2 atom stereocenters. The summed E-state index contributed by atoms with van der Waals surface area (Å²) in [4.78, 5) is 24.9. The fourth-order valence-electron chi connectivity index (χ4n) is 2.38. The summed E-state index contributed by atoms with van der Waals surface area (Å²) < 4.78 is 5.29. The minimum Gasteiger partial charge on any atom is -0.481 e. The molecule has 1 saturated heterocycles. The van der Waals surface area contributed by atoms with Gasteiger partial charge in [0.25, 0.3) is 5.91 Å². The molecule has 0 radical (unpaired) electrons. The van der Waals surface area contributed by atoms with Crippen LogP contribution in [0.25, 0.3) is 0 Å². The minimum absolute atomic E-state index is 0.0322. The summed E-state index contributed by atoms with van der Waals surface area (Å²) in [6.45, 7) is 2.65. The van der Waals surface area contributed by atoms with Gasteiger partial charge in [-0.1, -0.05) is 37.3 Å². The maximum atomic E-state index is 12.3. The molecule has 2 rings (SSSR count). The summed E-state index contributed by atoms with van der Waals surface area (Å²) in [5.41, 5.74) is 0.815.